The van der Waals surface area contributed by atoms with Gasteiger partial charge in [0.2, 0.25) is 0 Å². The first-order chi connectivity index (χ1) is 7.61. The second-order valence-electron chi connectivity index (χ2n) is 4.89. The lowest BCUT2D eigenvalue weighted by atomic mass is 10.0. The van der Waals surface area contributed by atoms with Gasteiger partial charge < -0.3 is 10.4 Å². The third-order valence-electron chi connectivity index (χ3n) is 3.06. The topological polar surface area (TPSA) is 45.1 Å². The molecule has 1 aliphatic rings. The molecule has 2 rings (SSSR count). The molecule has 1 fully saturated rings. The molecular weight excluding hydrogens is 220 g/mol. The molecule has 0 radical (unpaired) electrons. The first kappa shape index (κ1) is 12.0. The van der Waals surface area contributed by atoms with Crippen molar-refractivity contribution >= 4 is 11.3 Å². The summed E-state index contributed by atoms with van der Waals surface area (Å²) in [6.07, 6.45) is 5.36. The highest BCUT2D eigenvalue weighted by Gasteiger charge is 2.26. The summed E-state index contributed by atoms with van der Waals surface area (Å²) in [4.78, 5) is 5.70. The van der Waals surface area contributed by atoms with Crippen molar-refractivity contribution in [3.8, 4) is 0 Å². The molecule has 0 saturated heterocycles. The van der Waals surface area contributed by atoms with Crippen molar-refractivity contribution in [2.24, 2.45) is 0 Å². The van der Waals surface area contributed by atoms with Gasteiger partial charge >= 0.3 is 0 Å². The molecule has 1 saturated carbocycles. The van der Waals surface area contributed by atoms with Crippen molar-refractivity contribution in [3.05, 3.63) is 16.1 Å². The van der Waals surface area contributed by atoms with Crippen LogP contribution in [0.5, 0.6) is 0 Å². The number of rotatable bonds is 6. The van der Waals surface area contributed by atoms with Gasteiger partial charge in [0.1, 0.15) is 0 Å². The van der Waals surface area contributed by atoms with E-state index >= 15 is 0 Å². The van der Waals surface area contributed by atoms with E-state index in [0.717, 1.165) is 18.9 Å². The van der Waals surface area contributed by atoms with Crippen LogP contribution >= 0.6 is 11.3 Å². The lowest BCUT2D eigenvalue weighted by Gasteiger charge is -2.21. The summed E-state index contributed by atoms with van der Waals surface area (Å²) in [5.41, 5.74) is -0.593. The van der Waals surface area contributed by atoms with E-state index in [1.807, 2.05) is 20.0 Å². The van der Waals surface area contributed by atoms with E-state index in [0.29, 0.717) is 6.54 Å². The predicted octanol–water partition coefficient (Wildman–Crippen LogP) is 2.27. The average Bonchev–Trinajstić information content (AvgIpc) is 3.00. The molecule has 3 nitrogen and oxygen atoms in total. The summed E-state index contributed by atoms with van der Waals surface area (Å²) in [5.74, 6) is 0.748. The lowest BCUT2D eigenvalue weighted by Crippen LogP contribution is -2.36. The Morgan fingerprint density at radius 3 is 3.00 bits per heavy atom. The Labute approximate surface area is 101 Å². The third kappa shape index (κ3) is 3.27. The van der Waals surface area contributed by atoms with Crippen LogP contribution in [-0.2, 0) is 6.54 Å². The van der Waals surface area contributed by atoms with Gasteiger partial charge in [-0.2, -0.15) is 0 Å². The van der Waals surface area contributed by atoms with Crippen LogP contribution in [0.3, 0.4) is 0 Å². The summed E-state index contributed by atoms with van der Waals surface area (Å²) >= 11 is 1.81. The first-order valence-electron chi connectivity index (χ1n) is 5.98. The molecule has 0 amide bonds. The Kier molecular flexibility index (Phi) is 3.62. The van der Waals surface area contributed by atoms with Crippen LogP contribution in [-0.4, -0.2) is 22.2 Å². The Morgan fingerprint density at radius 1 is 1.62 bits per heavy atom. The summed E-state index contributed by atoms with van der Waals surface area (Å²) in [6.45, 7) is 5.32. The molecule has 0 aliphatic heterocycles. The van der Waals surface area contributed by atoms with Crippen LogP contribution in [0, 0.1) is 0 Å². The van der Waals surface area contributed by atoms with Crippen LogP contribution in [0.1, 0.15) is 48.9 Å². The van der Waals surface area contributed by atoms with Gasteiger partial charge in [-0.15, -0.1) is 11.3 Å². The van der Waals surface area contributed by atoms with Crippen LogP contribution < -0.4 is 5.32 Å². The summed E-state index contributed by atoms with van der Waals surface area (Å²) in [7, 11) is 0. The highest BCUT2D eigenvalue weighted by molar-refractivity contribution is 7.11. The van der Waals surface area contributed by atoms with Gasteiger partial charge in [0.25, 0.3) is 0 Å². The van der Waals surface area contributed by atoms with E-state index in [1.165, 1.54) is 22.7 Å². The van der Waals surface area contributed by atoms with Crippen LogP contribution in [0.25, 0.3) is 0 Å². The normalized spacial score (nSPS) is 19.7. The molecule has 1 aliphatic carbocycles. The van der Waals surface area contributed by atoms with Crippen molar-refractivity contribution in [2.45, 2.75) is 51.2 Å². The lowest BCUT2D eigenvalue weighted by molar-refractivity contribution is 0.0556. The number of nitrogens with zero attached hydrogens (tertiary/aromatic N) is 1. The summed E-state index contributed by atoms with van der Waals surface area (Å²) in [5, 5.41) is 14.4. The van der Waals surface area contributed by atoms with Crippen molar-refractivity contribution in [2.75, 3.05) is 6.54 Å². The van der Waals surface area contributed by atoms with E-state index in [1.54, 1.807) is 11.3 Å². The van der Waals surface area contributed by atoms with Gasteiger partial charge in [0.05, 0.1) is 10.6 Å². The fourth-order valence-corrected chi connectivity index (χ4v) is 2.56. The van der Waals surface area contributed by atoms with Gasteiger partial charge in [-0.3, -0.25) is 0 Å². The Balaban J connectivity index is 1.76. The molecular formula is C12H20N2OS. The molecule has 1 heterocycles. The minimum Gasteiger partial charge on any atom is -0.389 e. The first-order valence-corrected chi connectivity index (χ1v) is 6.80. The zero-order valence-corrected chi connectivity index (χ0v) is 10.8. The van der Waals surface area contributed by atoms with Crippen molar-refractivity contribution in [3.63, 3.8) is 0 Å². The maximum atomic E-state index is 9.83. The highest BCUT2D eigenvalue weighted by atomic mass is 32.1. The van der Waals surface area contributed by atoms with Gasteiger partial charge in [-0.1, -0.05) is 6.92 Å². The van der Waals surface area contributed by atoms with Crippen LogP contribution in [0.4, 0.5) is 0 Å². The summed E-state index contributed by atoms with van der Waals surface area (Å²) < 4.78 is 0. The van der Waals surface area contributed by atoms with Gasteiger partial charge in [0.15, 0.2) is 0 Å². The van der Waals surface area contributed by atoms with Crippen molar-refractivity contribution < 1.29 is 5.11 Å². The maximum Gasteiger partial charge on any atom is 0.0959 e. The van der Waals surface area contributed by atoms with E-state index in [4.69, 9.17) is 0 Å². The van der Waals surface area contributed by atoms with E-state index in [-0.39, 0.29) is 0 Å². The van der Waals surface area contributed by atoms with Gasteiger partial charge in [-0.05, 0) is 26.2 Å². The standard InChI is InChI=1S/C12H20N2OS/c1-3-12(2,15)8-13-6-10-7-14-11(16-10)9-4-5-9/h7,9,13,15H,3-6,8H2,1-2H3. The molecule has 90 valence electrons. The minimum absolute atomic E-state index is 0.593. The molecule has 1 unspecified atom stereocenters. The Morgan fingerprint density at radius 2 is 2.38 bits per heavy atom. The SMILES string of the molecule is CCC(C)(O)CNCc1cnc(C2CC2)s1. The third-order valence-corrected chi connectivity index (χ3v) is 4.22. The van der Waals surface area contributed by atoms with E-state index < -0.39 is 5.60 Å². The zero-order valence-electron chi connectivity index (χ0n) is 9.99. The molecule has 0 bridgehead atoms. The molecule has 16 heavy (non-hydrogen) atoms. The van der Waals surface area contributed by atoms with E-state index in [9.17, 15) is 5.11 Å². The molecule has 0 spiro atoms. The minimum atomic E-state index is -0.593. The van der Waals surface area contributed by atoms with Crippen LogP contribution in [0.15, 0.2) is 6.20 Å². The maximum absolute atomic E-state index is 9.83. The molecule has 1 aromatic heterocycles. The Hall–Kier alpha value is -0.450. The fourth-order valence-electron chi connectivity index (χ4n) is 1.50. The number of aromatic nitrogens is 1. The number of hydrogen-bond donors (Lipinski definition) is 2. The highest BCUT2D eigenvalue weighted by Crippen LogP contribution is 2.41. The molecule has 0 aromatic carbocycles. The number of thiazole rings is 1. The molecule has 4 heteroatoms. The monoisotopic (exact) mass is 240 g/mol. The van der Waals surface area contributed by atoms with Crippen molar-refractivity contribution in [1.29, 1.82) is 0 Å². The van der Waals surface area contributed by atoms with E-state index in [2.05, 4.69) is 10.3 Å². The number of aliphatic hydroxyl groups is 1. The van der Waals surface area contributed by atoms with Gasteiger partial charge in [-0.25, -0.2) is 4.98 Å². The number of hydrogen-bond acceptors (Lipinski definition) is 4. The quantitative estimate of drug-likeness (QED) is 0.802. The second-order valence-corrected chi connectivity index (χ2v) is 6.04. The zero-order chi connectivity index (χ0) is 11.6. The average molecular weight is 240 g/mol. The summed E-state index contributed by atoms with van der Waals surface area (Å²) in [6, 6.07) is 0. The number of nitrogens with one attached hydrogen (secondary N) is 1. The smallest absolute Gasteiger partial charge is 0.0959 e. The fraction of sp³-hybridized carbons (Fsp3) is 0.750. The largest absolute Gasteiger partial charge is 0.389 e. The van der Waals surface area contributed by atoms with Crippen LogP contribution in [0.2, 0.25) is 0 Å². The second kappa shape index (κ2) is 4.82. The molecule has 1 atom stereocenters. The molecule has 1 aromatic rings. The van der Waals surface area contributed by atoms with Crippen molar-refractivity contribution in [1.82, 2.24) is 10.3 Å². The van der Waals surface area contributed by atoms with Gasteiger partial charge in [0, 0.05) is 30.1 Å². The predicted molar refractivity (Wildman–Crippen MR) is 66.7 cm³/mol. The molecule has 2 N–H and O–H groups in total. The Bertz CT molecular complexity index is 345.